The second kappa shape index (κ2) is 8.63. The molecule has 1 saturated carbocycles. The molecule has 0 aromatic heterocycles. The molecule has 0 bridgehead atoms. The van der Waals surface area contributed by atoms with Gasteiger partial charge in [0.05, 0.1) is 17.5 Å². The molecular weight excluding hydrogens is 412 g/mol. The number of para-hydroxylation sites is 1. The molecule has 7 heteroatoms. The minimum atomic E-state index is -3.73. The molecule has 6 nitrogen and oxygen atoms in total. The van der Waals surface area contributed by atoms with E-state index in [2.05, 4.69) is 5.32 Å². The standard InChI is InChI=1S/C24H30N2O4S/c1-18-10-12-19(13-11-18)31(28,29)26(2)17-23(27)25-21-16-24(14-6-3-7-15-24)30-22-9-5-4-8-20(21)22/h4-5,8-13,21H,3,6-7,14-17H2,1-2H3,(H,25,27). The zero-order valence-corrected chi connectivity index (χ0v) is 19.0. The smallest absolute Gasteiger partial charge is 0.243 e. The molecule has 1 spiro atoms. The predicted octanol–water partition coefficient (Wildman–Crippen LogP) is 3.96. The summed E-state index contributed by atoms with van der Waals surface area (Å²) in [6.07, 6.45) is 6.14. The van der Waals surface area contributed by atoms with Crippen LogP contribution in [-0.4, -0.2) is 37.8 Å². The number of benzene rings is 2. The number of hydrogen-bond acceptors (Lipinski definition) is 4. The summed E-state index contributed by atoms with van der Waals surface area (Å²) in [5, 5.41) is 3.09. The Labute approximate surface area is 184 Å². The van der Waals surface area contributed by atoms with Crippen LogP contribution >= 0.6 is 0 Å². The van der Waals surface area contributed by atoms with Crippen LogP contribution in [0.25, 0.3) is 0 Å². The monoisotopic (exact) mass is 442 g/mol. The lowest BCUT2D eigenvalue weighted by Gasteiger charge is -2.44. The number of nitrogens with zero attached hydrogens (tertiary/aromatic N) is 1. The summed E-state index contributed by atoms with van der Waals surface area (Å²) in [5.74, 6) is 0.507. The third kappa shape index (κ3) is 4.62. The van der Waals surface area contributed by atoms with Crippen molar-refractivity contribution in [2.24, 2.45) is 0 Å². The van der Waals surface area contributed by atoms with Crippen LogP contribution in [-0.2, 0) is 14.8 Å². The number of aryl methyl sites for hydroxylation is 1. The van der Waals surface area contributed by atoms with Crippen LogP contribution in [0.1, 0.15) is 55.7 Å². The van der Waals surface area contributed by atoms with Crippen molar-refractivity contribution in [3.05, 3.63) is 59.7 Å². The molecule has 1 aliphatic carbocycles. The van der Waals surface area contributed by atoms with Crippen molar-refractivity contribution in [2.45, 2.75) is 62.0 Å². The van der Waals surface area contributed by atoms with E-state index in [1.165, 1.54) is 13.5 Å². The van der Waals surface area contributed by atoms with Crippen molar-refractivity contribution in [3.63, 3.8) is 0 Å². The number of likely N-dealkylation sites (N-methyl/N-ethyl adjacent to an activating group) is 1. The third-order valence-corrected chi connectivity index (χ3v) is 8.21. The molecular formula is C24H30N2O4S. The molecule has 2 aliphatic rings. The highest BCUT2D eigenvalue weighted by Gasteiger charge is 2.42. The molecule has 1 fully saturated rings. The third-order valence-electron chi connectivity index (χ3n) is 6.39. The Bertz CT molecular complexity index is 1040. The average molecular weight is 443 g/mol. The summed E-state index contributed by atoms with van der Waals surface area (Å²) in [7, 11) is -2.29. The van der Waals surface area contributed by atoms with Gasteiger partial charge in [0, 0.05) is 19.0 Å². The maximum atomic E-state index is 12.9. The molecule has 2 aromatic rings. The van der Waals surface area contributed by atoms with Crippen molar-refractivity contribution < 1.29 is 17.9 Å². The summed E-state index contributed by atoms with van der Waals surface area (Å²) < 4.78 is 33.2. The summed E-state index contributed by atoms with van der Waals surface area (Å²) in [4.78, 5) is 13.1. The van der Waals surface area contributed by atoms with Crippen LogP contribution in [0.5, 0.6) is 5.75 Å². The molecule has 0 saturated heterocycles. The van der Waals surface area contributed by atoms with Gasteiger partial charge in [-0.25, -0.2) is 8.42 Å². The summed E-state index contributed by atoms with van der Waals surface area (Å²) >= 11 is 0. The number of carbonyl (C=O) groups is 1. The lowest BCUT2D eigenvalue weighted by Crippen LogP contribution is -2.48. The first-order valence-electron chi connectivity index (χ1n) is 10.9. The Morgan fingerprint density at radius 1 is 1.10 bits per heavy atom. The van der Waals surface area contributed by atoms with Crippen LogP contribution in [0.4, 0.5) is 0 Å². The molecule has 1 aliphatic heterocycles. The van der Waals surface area contributed by atoms with Crippen LogP contribution in [0, 0.1) is 6.92 Å². The van der Waals surface area contributed by atoms with Gasteiger partial charge in [-0.1, -0.05) is 42.3 Å². The number of sulfonamides is 1. The zero-order valence-electron chi connectivity index (χ0n) is 18.1. The van der Waals surface area contributed by atoms with E-state index in [4.69, 9.17) is 4.74 Å². The number of fused-ring (bicyclic) bond motifs is 1. The van der Waals surface area contributed by atoms with Crippen molar-refractivity contribution in [2.75, 3.05) is 13.6 Å². The Balaban J connectivity index is 1.49. The number of carbonyl (C=O) groups excluding carboxylic acids is 1. The molecule has 1 N–H and O–H groups in total. The molecule has 1 heterocycles. The van der Waals surface area contributed by atoms with Crippen molar-refractivity contribution in [1.82, 2.24) is 9.62 Å². The van der Waals surface area contributed by atoms with Crippen molar-refractivity contribution >= 4 is 15.9 Å². The first-order chi connectivity index (χ1) is 14.8. The van der Waals surface area contributed by atoms with E-state index >= 15 is 0 Å². The topological polar surface area (TPSA) is 75.7 Å². The van der Waals surface area contributed by atoms with Crippen molar-refractivity contribution in [3.8, 4) is 5.75 Å². The summed E-state index contributed by atoms with van der Waals surface area (Å²) in [5.41, 5.74) is 1.69. The lowest BCUT2D eigenvalue weighted by molar-refractivity contribution is -0.122. The first kappa shape index (κ1) is 21.8. The quantitative estimate of drug-likeness (QED) is 0.761. The fraction of sp³-hybridized carbons (Fsp3) is 0.458. The Kier molecular flexibility index (Phi) is 6.08. The fourth-order valence-electron chi connectivity index (χ4n) is 4.67. The van der Waals surface area contributed by atoms with E-state index in [0.717, 1.165) is 46.9 Å². The van der Waals surface area contributed by atoms with E-state index in [9.17, 15) is 13.2 Å². The molecule has 31 heavy (non-hydrogen) atoms. The number of amides is 1. The van der Waals surface area contributed by atoms with E-state index in [1.807, 2.05) is 31.2 Å². The Morgan fingerprint density at radius 3 is 2.48 bits per heavy atom. The molecule has 166 valence electrons. The van der Waals surface area contributed by atoms with Gasteiger partial charge >= 0.3 is 0 Å². The van der Waals surface area contributed by atoms with Gasteiger partial charge in [-0.05, 0) is 50.8 Å². The number of nitrogens with one attached hydrogen (secondary N) is 1. The molecule has 0 radical (unpaired) electrons. The number of ether oxygens (including phenoxy) is 1. The van der Waals surface area contributed by atoms with E-state index in [1.54, 1.807) is 24.3 Å². The van der Waals surface area contributed by atoms with Gasteiger partial charge in [0.25, 0.3) is 0 Å². The van der Waals surface area contributed by atoms with Crippen molar-refractivity contribution in [1.29, 1.82) is 0 Å². The second-order valence-corrected chi connectivity index (χ2v) is 10.8. The maximum absolute atomic E-state index is 12.9. The number of rotatable bonds is 5. The molecule has 4 rings (SSSR count). The minimum absolute atomic E-state index is 0.186. The van der Waals surface area contributed by atoms with Gasteiger partial charge in [-0.2, -0.15) is 4.31 Å². The fourth-order valence-corrected chi connectivity index (χ4v) is 5.79. The summed E-state index contributed by atoms with van der Waals surface area (Å²) in [6, 6.07) is 14.3. The van der Waals surface area contributed by atoms with Crippen LogP contribution in [0.15, 0.2) is 53.4 Å². The van der Waals surface area contributed by atoms with E-state index < -0.39 is 10.0 Å². The van der Waals surface area contributed by atoms with Crippen LogP contribution < -0.4 is 10.1 Å². The Hall–Kier alpha value is -2.38. The normalized spacial score (nSPS) is 20.2. The lowest BCUT2D eigenvalue weighted by atomic mass is 9.77. The molecule has 1 unspecified atom stereocenters. The van der Waals surface area contributed by atoms with E-state index in [0.29, 0.717) is 6.42 Å². The molecule has 1 atom stereocenters. The SMILES string of the molecule is Cc1ccc(S(=O)(=O)N(C)CC(=O)NC2CC3(CCCCC3)Oc3ccccc32)cc1. The van der Waals surface area contributed by atoms with E-state index in [-0.39, 0.29) is 29.0 Å². The average Bonchev–Trinajstić information content (AvgIpc) is 2.74. The molecule has 1 amide bonds. The predicted molar refractivity (Wildman–Crippen MR) is 119 cm³/mol. The largest absolute Gasteiger partial charge is 0.487 e. The van der Waals surface area contributed by atoms with Gasteiger partial charge < -0.3 is 10.1 Å². The highest BCUT2D eigenvalue weighted by Crippen LogP contribution is 2.46. The van der Waals surface area contributed by atoms with Crippen LogP contribution in [0.2, 0.25) is 0 Å². The highest BCUT2D eigenvalue weighted by atomic mass is 32.2. The zero-order chi connectivity index (χ0) is 22.1. The second-order valence-electron chi connectivity index (χ2n) is 8.78. The summed E-state index contributed by atoms with van der Waals surface area (Å²) in [6.45, 7) is 1.67. The van der Waals surface area contributed by atoms with Gasteiger partial charge in [-0.15, -0.1) is 0 Å². The first-order valence-corrected chi connectivity index (χ1v) is 12.3. The Morgan fingerprint density at radius 2 is 1.77 bits per heavy atom. The maximum Gasteiger partial charge on any atom is 0.243 e. The van der Waals surface area contributed by atoms with Gasteiger partial charge in [0.1, 0.15) is 11.4 Å². The van der Waals surface area contributed by atoms with Crippen LogP contribution in [0.3, 0.4) is 0 Å². The number of hydrogen-bond donors (Lipinski definition) is 1. The minimum Gasteiger partial charge on any atom is -0.487 e. The highest BCUT2D eigenvalue weighted by molar-refractivity contribution is 7.89. The molecule has 2 aromatic carbocycles. The van der Waals surface area contributed by atoms with Gasteiger partial charge in [0.2, 0.25) is 15.9 Å². The van der Waals surface area contributed by atoms with Gasteiger partial charge in [0.15, 0.2) is 0 Å². The van der Waals surface area contributed by atoms with Gasteiger partial charge in [-0.3, -0.25) is 4.79 Å².